The van der Waals surface area contributed by atoms with Gasteiger partial charge in [0.2, 0.25) is 0 Å². The highest BCUT2D eigenvalue weighted by molar-refractivity contribution is 7.38. The summed E-state index contributed by atoms with van der Waals surface area (Å²) in [6, 6.07) is 6.95. The van der Waals surface area contributed by atoms with Crippen LogP contribution in [0.15, 0.2) is 42.3 Å². The molecule has 106 valence electrons. The zero-order valence-corrected chi connectivity index (χ0v) is 11.7. The summed E-state index contributed by atoms with van der Waals surface area (Å²) in [5, 5.41) is 11.4. The zero-order valence-electron chi connectivity index (χ0n) is 10.9. The summed E-state index contributed by atoms with van der Waals surface area (Å²) in [6.45, 7) is 5.56. The van der Waals surface area contributed by atoms with Gasteiger partial charge >= 0.3 is 6.18 Å². The van der Waals surface area contributed by atoms with Crippen molar-refractivity contribution in [3.63, 3.8) is 0 Å². The Kier molecular flexibility index (Phi) is 4.01. The van der Waals surface area contributed by atoms with Gasteiger partial charge in [-0.05, 0) is 36.8 Å². The van der Waals surface area contributed by atoms with Crippen LogP contribution in [0.5, 0.6) is 0 Å². The molecule has 0 saturated carbocycles. The van der Waals surface area contributed by atoms with Gasteiger partial charge in [0.05, 0.1) is 5.56 Å². The number of thiophene rings is 1. The van der Waals surface area contributed by atoms with Crippen molar-refractivity contribution in [2.24, 2.45) is 0 Å². The van der Waals surface area contributed by atoms with Crippen LogP contribution in [-0.2, 0) is 12.8 Å². The number of rotatable bonds is 3. The van der Waals surface area contributed by atoms with Crippen molar-refractivity contribution in [3.8, 4) is 4.90 Å². The average molecular weight is 299 g/mol. The van der Waals surface area contributed by atoms with Crippen LogP contribution in [0.1, 0.15) is 22.9 Å². The maximum atomic E-state index is 12.5. The predicted octanol–water partition coefficient (Wildman–Crippen LogP) is 4.97. The largest absolute Gasteiger partial charge is 0.416 e. The fraction of sp³-hybridized carbons (Fsp3) is 0.200. The second kappa shape index (κ2) is 5.42. The van der Waals surface area contributed by atoms with Gasteiger partial charge in [-0.2, -0.15) is 13.2 Å². The maximum Gasteiger partial charge on any atom is 0.416 e. The topological polar surface area (TPSA) is 20.2 Å². The van der Waals surface area contributed by atoms with Crippen LogP contribution >= 0.6 is 10.5 Å². The van der Waals surface area contributed by atoms with Crippen molar-refractivity contribution < 1.29 is 18.3 Å². The highest BCUT2D eigenvalue weighted by Crippen LogP contribution is 2.41. The Bertz CT molecular complexity index is 624. The van der Waals surface area contributed by atoms with Crippen LogP contribution < -0.4 is 0 Å². The van der Waals surface area contributed by atoms with E-state index in [1.807, 2.05) is 18.4 Å². The van der Waals surface area contributed by atoms with Crippen LogP contribution in [0, 0.1) is 0 Å². The second-order valence-corrected chi connectivity index (χ2v) is 6.35. The number of aliphatic hydroxyl groups excluding tert-OH is 1. The van der Waals surface area contributed by atoms with Crippen molar-refractivity contribution in [2.45, 2.75) is 19.7 Å². The monoisotopic (exact) mass is 299 g/mol. The minimum atomic E-state index is -4.33. The first kappa shape index (κ1) is 14.8. The number of hydrogen-bond donors (Lipinski definition) is 1. The van der Waals surface area contributed by atoms with E-state index >= 15 is 0 Å². The molecular formula is C15H14F3OS+. The number of halogens is 3. The van der Waals surface area contributed by atoms with E-state index in [1.165, 1.54) is 12.1 Å². The standard InChI is InChI=1S/C15H14F3OS/c1-10(2)13-7-8-20(14(13)9-19)12-5-3-11(4-6-12)15(16,17)18/h3-8,19H,1,9H2,2H3/q+1. The van der Waals surface area contributed by atoms with Gasteiger partial charge in [-0.3, -0.25) is 0 Å². The maximum absolute atomic E-state index is 12.5. The van der Waals surface area contributed by atoms with Crippen LogP contribution in [-0.4, -0.2) is 5.11 Å². The molecule has 1 N–H and O–H groups in total. The quantitative estimate of drug-likeness (QED) is 0.793. The molecule has 1 unspecified atom stereocenters. The van der Waals surface area contributed by atoms with E-state index in [0.29, 0.717) is 0 Å². The Hall–Kier alpha value is -1.59. The Balaban J connectivity index is 2.45. The molecule has 0 radical (unpaired) electrons. The van der Waals surface area contributed by atoms with Crippen LogP contribution in [0.25, 0.3) is 10.5 Å². The summed E-state index contributed by atoms with van der Waals surface area (Å²) in [4.78, 5) is 1.56. The third-order valence-corrected chi connectivity index (χ3v) is 5.04. The van der Waals surface area contributed by atoms with Crippen molar-refractivity contribution in [1.82, 2.24) is 0 Å². The van der Waals surface area contributed by atoms with Crippen molar-refractivity contribution in [2.75, 3.05) is 0 Å². The normalized spacial score (nSPS) is 12.6. The van der Waals surface area contributed by atoms with Gasteiger partial charge in [-0.25, -0.2) is 0 Å². The van der Waals surface area contributed by atoms with E-state index in [2.05, 4.69) is 6.58 Å². The highest BCUT2D eigenvalue weighted by atomic mass is 32.2. The molecule has 0 saturated heterocycles. The van der Waals surface area contributed by atoms with Gasteiger partial charge in [0.1, 0.15) is 12.0 Å². The summed E-state index contributed by atoms with van der Waals surface area (Å²) in [6.07, 6.45) is -4.33. The van der Waals surface area contributed by atoms with Crippen LogP contribution in [0.2, 0.25) is 0 Å². The van der Waals surface area contributed by atoms with Gasteiger partial charge in [0, 0.05) is 22.1 Å². The van der Waals surface area contributed by atoms with Crippen molar-refractivity contribution in [3.05, 3.63) is 58.3 Å². The summed E-state index contributed by atoms with van der Waals surface area (Å²) in [7, 11) is -0.493. The smallest absolute Gasteiger partial charge is 0.387 e. The van der Waals surface area contributed by atoms with Gasteiger partial charge in [0.25, 0.3) is 0 Å². The molecule has 5 heteroatoms. The first-order valence-electron chi connectivity index (χ1n) is 5.93. The Morgan fingerprint density at radius 2 is 1.80 bits per heavy atom. The third-order valence-electron chi connectivity index (χ3n) is 2.98. The molecular weight excluding hydrogens is 285 g/mol. The number of aliphatic hydroxyl groups is 1. The molecule has 2 rings (SSSR count). The predicted molar refractivity (Wildman–Crippen MR) is 75.9 cm³/mol. The van der Waals surface area contributed by atoms with E-state index in [4.69, 9.17) is 0 Å². The average Bonchev–Trinajstić information content (AvgIpc) is 2.81. The lowest BCUT2D eigenvalue weighted by molar-refractivity contribution is -0.137. The fourth-order valence-corrected chi connectivity index (χ4v) is 3.90. The highest BCUT2D eigenvalue weighted by Gasteiger charge is 2.31. The molecule has 0 bridgehead atoms. The van der Waals surface area contributed by atoms with Gasteiger partial charge in [-0.1, -0.05) is 6.58 Å². The Morgan fingerprint density at radius 3 is 2.25 bits per heavy atom. The number of allylic oxidation sites excluding steroid dienone is 1. The molecule has 0 aliphatic carbocycles. The zero-order chi connectivity index (χ0) is 14.9. The SMILES string of the molecule is C=C(C)c1cc[s+](-c2ccc(C(F)(F)F)cc2)c1CO. The molecule has 1 aromatic carbocycles. The first-order chi connectivity index (χ1) is 9.34. The number of hydrogen-bond acceptors (Lipinski definition) is 1. The van der Waals surface area contributed by atoms with E-state index in [1.54, 1.807) is 0 Å². The lowest BCUT2D eigenvalue weighted by atomic mass is 10.1. The summed E-state index contributed by atoms with van der Waals surface area (Å²) in [5.74, 6) is 0. The lowest BCUT2D eigenvalue weighted by Crippen LogP contribution is -2.03. The van der Waals surface area contributed by atoms with Gasteiger partial charge in [0.15, 0.2) is 9.77 Å². The van der Waals surface area contributed by atoms with Crippen molar-refractivity contribution in [1.29, 1.82) is 0 Å². The summed E-state index contributed by atoms with van der Waals surface area (Å²) < 4.78 is 37.6. The van der Waals surface area contributed by atoms with E-state index < -0.39 is 22.2 Å². The molecule has 0 aliphatic rings. The molecule has 2 aromatic rings. The van der Waals surface area contributed by atoms with Gasteiger partial charge < -0.3 is 5.11 Å². The third kappa shape index (κ3) is 2.78. The summed E-state index contributed by atoms with van der Waals surface area (Å²) in [5.41, 5.74) is 1.06. The van der Waals surface area contributed by atoms with Crippen LogP contribution in [0.4, 0.5) is 13.2 Å². The molecule has 1 aromatic heterocycles. The number of alkyl halides is 3. The van der Waals surface area contributed by atoms with E-state index in [0.717, 1.165) is 33.0 Å². The Morgan fingerprint density at radius 1 is 1.20 bits per heavy atom. The number of benzene rings is 1. The van der Waals surface area contributed by atoms with E-state index in [9.17, 15) is 18.3 Å². The minimum absolute atomic E-state index is 0.126. The molecule has 0 amide bonds. The van der Waals surface area contributed by atoms with E-state index in [-0.39, 0.29) is 6.61 Å². The molecule has 0 fully saturated rings. The summed E-state index contributed by atoms with van der Waals surface area (Å²) >= 11 is 0. The Labute approximate surface area is 118 Å². The molecule has 1 nitrogen and oxygen atoms in total. The van der Waals surface area contributed by atoms with Crippen molar-refractivity contribution >= 4 is 16.0 Å². The minimum Gasteiger partial charge on any atom is -0.387 e. The fourth-order valence-electron chi connectivity index (χ4n) is 1.98. The molecule has 1 heterocycles. The molecule has 1 atom stereocenters. The van der Waals surface area contributed by atoms with Gasteiger partial charge in [-0.15, -0.1) is 0 Å². The lowest BCUT2D eigenvalue weighted by Gasteiger charge is -2.05. The first-order valence-corrected chi connectivity index (χ1v) is 7.22. The molecule has 0 aliphatic heterocycles. The molecule has 20 heavy (non-hydrogen) atoms. The molecule has 0 spiro atoms. The van der Waals surface area contributed by atoms with Crippen LogP contribution in [0.3, 0.4) is 0 Å². The second-order valence-electron chi connectivity index (χ2n) is 4.44.